The summed E-state index contributed by atoms with van der Waals surface area (Å²) in [5.41, 5.74) is 4.60. The van der Waals surface area contributed by atoms with Gasteiger partial charge in [-0.1, -0.05) is 30.3 Å². The summed E-state index contributed by atoms with van der Waals surface area (Å²) in [5.74, 6) is 0.196. The van der Waals surface area contributed by atoms with E-state index < -0.39 is 0 Å². The second-order valence-electron chi connectivity index (χ2n) is 6.94. The van der Waals surface area contributed by atoms with E-state index in [1.807, 2.05) is 29.2 Å². The van der Waals surface area contributed by atoms with Crippen LogP contribution in [0.1, 0.15) is 42.9 Å². The Morgan fingerprint density at radius 1 is 1.08 bits per heavy atom. The molecular weight excluding hydrogens is 342 g/mol. The largest absolute Gasteiger partial charge is 0.356 e. The van der Waals surface area contributed by atoms with Crippen molar-refractivity contribution in [2.45, 2.75) is 38.1 Å². The van der Waals surface area contributed by atoms with Crippen molar-refractivity contribution >= 4 is 34.6 Å². The Labute approximate surface area is 159 Å². The van der Waals surface area contributed by atoms with E-state index in [9.17, 15) is 4.79 Å². The summed E-state index contributed by atoms with van der Waals surface area (Å²) in [6.07, 6.45) is 4.96. The van der Waals surface area contributed by atoms with E-state index in [1.54, 1.807) is 0 Å². The van der Waals surface area contributed by atoms with Gasteiger partial charge in [-0.05, 0) is 67.2 Å². The third kappa shape index (κ3) is 3.58. The van der Waals surface area contributed by atoms with Crippen molar-refractivity contribution in [3.05, 3.63) is 59.7 Å². The van der Waals surface area contributed by atoms with Gasteiger partial charge < -0.3 is 15.5 Å². The second-order valence-corrected chi connectivity index (χ2v) is 7.35. The maximum atomic E-state index is 12.0. The van der Waals surface area contributed by atoms with E-state index in [0.717, 1.165) is 37.2 Å². The highest BCUT2D eigenvalue weighted by molar-refractivity contribution is 7.80. The van der Waals surface area contributed by atoms with Crippen LogP contribution < -0.4 is 15.5 Å². The average Bonchev–Trinajstić information content (AvgIpc) is 3.08. The van der Waals surface area contributed by atoms with Gasteiger partial charge in [0.25, 0.3) is 0 Å². The maximum Gasteiger partial charge on any atom is 0.227 e. The number of carbonyl (C=O) groups excluding carboxylic acids is 1. The zero-order chi connectivity index (χ0) is 17.9. The highest BCUT2D eigenvalue weighted by Crippen LogP contribution is 2.29. The third-order valence-corrected chi connectivity index (χ3v) is 5.38. The van der Waals surface area contributed by atoms with E-state index in [2.05, 4.69) is 34.9 Å². The standard InChI is InChI=1S/C21H23N3OS/c25-20-12-5-13-24(20)17-9-4-8-16(14-17)22-21(26)23-19-11-3-7-15-6-1-2-10-18(15)19/h1-2,4,6,8-10,14,19H,3,5,7,11-13H2,(H2,22,23,26). The van der Waals surface area contributed by atoms with Gasteiger partial charge in [-0.2, -0.15) is 0 Å². The zero-order valence-electron chi connectivity index (χ0n) is 14.7. The first-order valence-electron chi connectivity index (χ1n) is 9.26. The number of fused-ring (bicyclic) bond motifs is 1. The minimum atomic E-state index is 0.196. The molecule has 0 spiro atoms. The van der Waals surface area contributed by atoms with Gasteiger partial charge in [-0.25, -0.2) is 0 Å². The van der Waals surface area contributed by atoms with Crippen molar-refractivity contribution in [3.8, 4) is 0 Å². The maximum absolute atomic E-state index is 12.0. The smallest absolute Gasteiger partial charge is 0.227 e. The highest BCUT2D eigenvalue weighted by Gasteiger charge is 2.22. The van der Waals surface area contributed by atoms with Crippen molar-refractivity contribution in [1.82, 2.24) is 5.32 Å². The van der Waals surface area contributed by atoms with E-state index in [-0.39, 0.29) is 11.9 Å². The molecule has 4 rings (SSSR count). The van der Waals surface area contributed by atoms with Crippen molar-refractivity contribution in [1.29, 1.82) is 0 Å². The van der Waals surface area contributed by atoms with Gasteiger partial charge in [-0.15, -0.1) is 0 Å². The Balaban J connectivity index is 1.44. The Morgan fingerprint density at radius 2 is 1.96 bits per heavy atom. The lowest BCUT2D eigenvalue weighted by Crippen LogP contribution is -2.34. The minimum Gasteiger partial charge on any atom is -0.356 e. The fourth-order valence-corrected chi connectivity index (χ4v) is 4.16. The van der Waals surface area contributed by atoms with Crippen LogP contribution in [0.4, 0.5) is 11.4 Å². The molecule has 26 heavy (non-hydrogen) atoms. The number of nitrogens with zero attached hydrogens (tertiary/aromatic N) is 1. The molecule has 1 saturated heterocycles. The van der Waals surface area contributed by atoms with Crippen molar-refractivity contribution < 1.29 is 4.79 Å². The fourth-order valence-electron chi connectivity index (χ4n) is 3.90. The molecule has 0 saturated carbocycles. The Hall–Kier alpha value is -2.40. The summed E-state index contributed by atoms with van der Waals surface area (Å²) in [6.45, 7) is 0.795. The van der Waals surface area contributed by atoms with Crippen LogP contribution in [-0.2, 0) is 11.2 Å². The van der Waals surface area contributed by atoms with E-state index >= 15 is 0 Å². The van der Waals surface area contributed by atoms with Crippen LogP contribution in [0.3, 0.4) is 0 Å². The lowest BCUT2D eigenvalue weighted by Gasteiger charge is -2.27. The molecule has 1 heterocycles. The number of anilines is 2. The first-order chi connectivity index (χ1) is 12.7. The Morgan fingerprint density at radius 3 is 2.81 bits per heavy atom. The molecule has 0 radical (unpaired) electrons. The number of hydrogen-bond donors (Lipinski definition) is 2. The van der Waals surface area contributed by atoms with Crippen LogP contribution in [0.25, 0.3) is 0 Å². The lowest BCUT2D eigenvalue weighted by molar-refractivity contribution is -0.117. The van der Waals surface area contributed by atoms with Crippen LogP contribution in [0.5, 0.6) is 0 Å². The number of thiocarbonyl (C=S) groups is 1. The lowest BCUT2D eigenvalue weighted by atomic mass is 9.88. The molecule has 5 heteroatoms. The monoisotopic (exact) mass is 365 g/mol. The zero-order valence-corrected chi connectivity index (χ0v) is 15.5. The van der Waals surface area contributed by atoms with Gasteiger partial charge in [0.2, 0.25) is 5.91 Å². The van der Waals surface area contributed by atoms with Crippen LogP contribution in [0.2, 0.25) is 0 Å². The molecule has 1 aliphatic heterocycles. The normalized spacial score (nSPS) is 19.2. The topological polar surface area (TPSA) is 44.4 Å². The van der Waals surface area contributed by atoms with Gasteiger partial charge in [0.1, 0.15) is 0 Å². The number of amides is 1. The summed E-state index contributed by atoms with van der Waals surface area (Å²) in [6, 6.07) is 16.7. The molecule has 1 unspecified atom stereocenters. The quantitative estimate of drug-likeness (QED) is 0.801. The number of carbonyl (C=O) groups is 1. The molecule has 2 aliphatic rings. The molecule has 1 amide bonds. The number of aryl methyl sites for hydroxylation is 1. The predicted octanol–water partition coefficient (Wildman–Crippen LogP) is 4.18. The van der Waals surface area contributed by atoms with Crippen LogP contribution in [0.15, 0.2) is 48.5 Å². The second kappa shape index (κ2) is 7.46. The van der Waals surface area contributed by atoms with Gasteiger partial charge in [0.15, 0.2) is 5.11 Å². The summed E-state index contributed by atoms with van der Waals surface area (Å²) >= 11 is 5.54. The number of hydrogen-bond acceptors (Lipinski definition) is 2. The van der Waals surface area contributed by atoms with Gasteiger partial charge in [0.05, 0.1) is 6.04 Å². The average molecular weight is 366 g/mol. The van der Waals surface area contributed by atoms with E-state index in [4.69, 9.17) is 12.2 Å². The molecular formula is C21H23N3OS. The van der Waals surface area contributed by atoms with Crippen molar-refractivity contribution in [3.63, 3.8) is 0 Å². The molecule has 0 bridgehead atoms. The van der Waals surface area contributed by atoms with Crippen LogP contribution >= 0.6 is 12.2 Å². The summed E-state index contributed by atoms with van der Waals surface area (Å²) < 4.78 is 0. The molecule has 1 fully saturated rings. The van der Waals surface area contributed by atoms with E-state index in [1.165, 1.54) is 17.5 Å². The SMILES string of the molecule is O=C1CCCN1c1cccc(NC(=S)NC2CCCc3ccccc32)c1. The number of rotatable bonds is 3. The first kappa shape index (κ1) is 17.0. The molecule has 1 atom stereocenters. The first-order valence-corrected chi connectivity index (χ1v) is 9.67. The number of benzene rings is 2. The Bertz CT molecular complexity index is 836. The Kier molecular flexibility index (Phi) is 4.89. The van der Waals surface area contributed by atoms with Gasteiger partial charge in [0, 0.05) is 24.3 Å². The van der Waals surface area contributed by atoms with Gasteiger partial charge >= 0.3 is 0 Å². The highest BCUT2D eigenvalue weighted by atomic mass is 32.1. The summed E-state index contributed by atoms with van der Waals surface area (Å²) in [7, 11) is 0. The summed E-state index contributed by atoms with van der Waals surface area (Å²) in [4.78, 5) is 13.8. The van der Waals surface area contributed by atoms with Crippen molar-refractivity contribution in [2.75, 3.05) is 16.8 Å². The number of nitrogens with one attached hydrogen (secondary N) is 2. The molecule has 1 aliphatic carbocycles. The van der Waals surface area contributed by atoms with Crippen LogP contribution in [-0.4, -0.2) is 17.6 Å². The minimum absolute atomic E-state index is 0.196. The van der Waals surface area contributed by atoms with Crippen LogP contribution in [0, 0.1) is 0 Å². The molecule has 4 nitrogen and oxygen atoms in total. The summed E-state index contributed by atoms with van der Waals surface area (Å²) in [5, 5.41) is 7.36. The third-order valence-electron chi connectivity index (χ3n) is 5.16. The molecule has 134 valence electrons. The van der Waals surface area contributed by atoms with E-state index in [0.29, 0.717) is 11.5 Å². The van der Waals surface area contributed by atoms with Crippen molar-refractivity contribution in [2.24, 2.45) is 0 Å². The predicted molar refractivity (Wildman–Crippen MR) is 110 cm³/mol. The molecule has 0 aromatic heterocycles. The van der Waals surface area contributed by atoms with Gasteiger partial charge in [-0.3, -0.25) is 4.79 Å². The molecule has 2 aromatic rings. The molecule has 2 N–H and O–H groups in total. The molecule has 2 aromatic carbocycles. The fraction of sp³-hybridized carbons (Fsp3) is 0.333.